The first kappa shape index (κ1) is 15.1. The van der Waals surface area contributed by atoms with Crippen LogP contribution in [0.3, 0.4) is 0 Å². The zero-order chi connectivity index (χ0) is 13.7. The Morgan fingerprint density at radius 1 is 1.44 bits per heavy atom. The van der Waals surface area contributed by atoms with Gasteiger partial charge in [-0.1, -0.05) is 13.8 Å². The van der Waals surface area contributed by atoms with Crippen molar-refractivity contribution in [3.8, 4) is 0 Å². The van der Waals surface area contributed by atoms with E-state index in [1.807, 2.05) is 19.2 Å². The van der Waals surface area contributed by atoms with Gasteiger partial charge in [0, 0.05) is 18.5 Å². The van der Waals surface area contributed by atoms with E-state index in [1.165, 1.54) is 0 Å². The number of aromatic nitrogens is 1. The minimum atomic E-state index is -0.160. The summed E-state index contributed by atoms with van der Waals surface area (Å²) < 4.78 is 0. The molecule has 1 aromatic rings. The third kappa shape index (κ3) is 4.38. The Labute approximate surface area is 113 Å². The lowest BCUT2D eigenvalue weighted by molar-refractivity contribution is -0.123. The molecule has 0 radical (unpaired) electrons. The van der Waals surface area contributed by atoms with Crippen molar-refractivity contribution in [1.82, 2.24) is 15.6 Å². The van der Waals surface area contributed by atoms with Crippen LogP contribution in [0.4, 0.5) is 0 Å². The molecule has 0 saturated carbocycles. The van der Waals surface area contributed by atoms with E-state index in [9.17, 15) is 4.79 Å². The Hall–Kier alpha value is -0.940. The van der Waals surface area contributed by atoms with Crippen LogP contribution in [-0.2, 0) is 4.79 Å². The molecular formula is C13H23N3OS. The first-order valence-corrected chi connectivity index (χ1v) is 7.21. The van der Waals surface area contributed by atoms with Gasteiger partial charge in [0.1, 0.15) is 0 Å². The average Bonchev–Trinajstić information content (AvgIpc) is 2.73. The number of hydrogen-bond acceptors (Lipinski definition) is 4. The van der Waals surface area contributed by atoms with Gasteiger partial charge < -0.3 is 5.32 Å². The van der Waals surface area contributed by atoms with E-state index in [1.54, 1.807) is 18.4 Å². The van der Waals surface area contributed by atoms with Gasteiger partial charge in [-0.2, -0.15) is 0 Å². The third-order valence-corrected chi connectivity index (χ3v) is 3.59. The Bertz CT molecular complexity index is 389. The highest BCUT2D eigenvalue weighted by atomic mass is 32.1. The molecule has 0 spiro atoms. The molecule has 0 aliphatic heterocycles. The maximum Gasteiger partial charge on any atom is 0.236 e. The molecule has 0 aromatic carbocycles. The number of amides is 1. The molecule has 2 atom stereocenters. The topological polar surface area (TPSA) is 54.0 Å². The van der Waals surface area contributed by atoms with Crippen LogP contribution in [-0.4, -0.2) is 24.0 Å². The Morgan fingerprint density at radius 3 is 2.56 bits per heavy atom. The SMILES string of the molecule is CNC(=O)C(CC(C)C)NC(C)c1csc(C)n1. The van der Waals surface area contributed by atoms with E-state index in [4.69, 9.17) is 0 Å². The molecule has 2 N–H and O–H groups in total. The van der Waals surface area contributed by atoms with E-state index in [2.05, 4.69) is 29.5 Å². The molecule has 1 amide bonds. The predicted molar refractivity (Wildman–Crippen MR) is 75.7 cm³/mol. The second-order valence-corrected chi connectivity index (χ2v) is 6.04. The van der Waals surface area contributed by atoms with Crippen molar-refractivity contribution in [2.75, 3.05) is 7.05 Å². The summed E-state index contributed by atoms with van der Waals surface area (Å²) in [5.41, 5.74) is 1.01. The number of carbonyl (C=O) groups is 1. The summed E-state index contributed by atoms with van der Waals surface area (Å²) >= 11 is 1.64. The molecule has 5 heteroatoms. The summed E-state index contributed by atoms with van der Waals surface area (Å²) in [6, 6.07) is -0.0667. The van der Waals surface area contributed by atoms with Crippen molar-refractivity contribution in [2.45, 2.75) is 46.2 Å². The molecule has 0 fully saturated rings. The van der Waals surface area contributed by atoms with Crippen LogP contribution in [0, 0.1) is 12.8 Å². The summed E-state index contributed by atoms with van der Waals surface area (Å²) in [5, 5.41) is 9.17. The lowest BCUT2D eigenvalue weighted by Crippen LogP contribution is -2.44. The van der Waals surface area contributed by atoms with Crippen LogP contribution in [0.2, 0.25) is 0 Å². The molecule has 2 unspecified atom stereocenters. The molecule has 0 bridgehead atoms. The van der Waals surface area contributed by atoms with E-state index in [0.717, 1.165) is 17.1 Å². The van der Waals surface area contributed by atoms with Gasteiger partial charge in [-0.15, -0.1) is 11.3 Å². The van der Waals surface area contributed by atoms with Crippen molar-refractivity contribution in [3.63, 3.8) is 0 Å². The Kier molecular flexibility index (Phi) is 5.75. The summed E-state index contributed by atoms with van der Waals surface area (Å²) in [4.78, 5) is 16.3. The number of rotatable bonds is 6. The molecule has 18 heavy (non-hydrogen) atoms. The first-order chi connectivity index (χ1) is 8.43. The van der Waals surface area contributed by atoms with Crippen LogP contribution in [0.25, 0.3) is 0 Å². The third-order valence-electron chi connectivity index (χ3n) is 2.80. The Morgan fingerprint density at radius 2 is 2.11 bits per heavy atom. The molecule has 4 nitrogen and oxygen atoms in total. The maximum atomic E-state index is 11.8. The summed E-state index contributed by atoms with van der Waals surface area (Å²) in [6.07, 6.45) is 0.827. The van der Waals surface area contributed by atoms with E-state index in [0.29, 0.717) is 5.92 Å². The number of thiazole rings is 1. The second-order valence-electron chi connectivity index (χ2n) is 4.98. The second kappa shape index (κ2) is 6.85. The van der Waals surface area contributed by atoms with Crippen molar-refractivity contribution in [3.05, 3.63) is 16.1 Å². The summed E-state index contributed by atoms with van der Waals surface area (Å²) in [6.45, 7) is 8.28. The number of aryl methyl sites for hydroxylation is 1. The maximum absolute atomic E-state index is 11.8. The van der Waals surface area contributed by atoms with E-state index < -0.39 is 0 Å². The molecule has 0 saturated heterocycles. The smallest absolute Gasteiger partial charge is 0.236 e. The van der Waals surface area contributed by atoms with E-state index in [-0.39, 0.29) is 18.0 Å². The molecule has 1 aromatic heterocycles. The van der Waals surface area contributed by atoms with Crippen LogP contribution in [0.1, 0.15) is 43.9 Å². The molecule has 0 aliphatic carbocycles. The summed E-state index contributed by atoms with van der Waals surface area (Å²) in [7, 11) is 1.68. The number of carbonyl (C=O) groups excluding carboxylic acids is 1. The van der Waals surface area contributed by atoms with Crippen molar-refractivity contribution in [1.29, 1.82) is 0 Å². The van der Waals surface area contributed by atoms with Gasteiger partial charge in [-0.3, -0.25) is 10.1 Å². The highest BCUT2D eigenvalue weighted by Crippen LogP contribution is 2.17. The van der Waals surface area contributed by atoms with Gasteiger partial charge in [-0.05, 0) is 26.2 Å². The number of nitrogens with zero attached hydrogens (tertiary/aromatic N) is 1. The first-order valence-electron chi connectivity index (χ1n) is 6.33. The number of likely N-dealkylation sites (N-methyl/N-ethyl adjacent to an activating group) is 1. The van der Waals surface area contributed by atoms with Crippen molar-refractivity contribution in [2.24, 2.45) is 5.92 Å². The zero-order valence-corrected chi connectivity index (χ0v) is 12.6. The van der Waals surface area contributed by atoms with Gasteiger partial charge in [0.2, 0.25) is 5.91 Å². The van der Waals surface area contributed by atoms with Gasteiger partial charge in [0.15, 0.2) is 0 Å². The highest BCUT2D eigenvalue weighted by Gasteiger charge is 2.21. The number of nitrogens with one attached hydrogen (secondary N) is 2. The van der Waals surface area contributed by atoms with Crippen molar-refractivity contribution >= 4 is 17.2 Å². The fraction of sp³-hybridized carbons (Fsp3) is 0.692. The van der Waals surface area contributed by atoms with Crippen LogP contribution < -0.4 is 10.6 Å². The normalized spacial score (nSPS) is 14.6. The molecule has 1 rings (SSSR count). The van der Waals surface area contributed by atoms with Crippen LogP contribution in [0.5, 0.6) is 0 Å². The Balaban J connectivity index is 2.67. The molecule has 102 valence electrons. The van der Waals surface area contributed by atoms with Gasteiger partial charge in [0.05, 0.1) is 16.7 Å². The van der Waals surface area contributed by atoms with Gasteiger partial charge >= 0.3 is 0 Å². The van der Waals surface area contributed by atoms with Crippen LogP contribution >= 0.6 is 11.3 Å². The highest BCUT2D eigenvalue weighted by molar-refractivity contribution is 7.09. The average molecular weight is 269 g/mol. The fourth-order valence-corrected chi connectivity index (χ4v) is 2.57. The molecule has 1 heterocycles. The van der Waals surface area contributed by atoms with Crippen molar-refractivity contribution < 1.29 is 4.79 Å². The largest absolute Gasteiger partial charge is 0.358 e. The van der Waals surface area contributed by atoms with Crippen LogP contribution in [0.15, 0.2) is 5.38 Å². The number of hydrogen-bond donors (Lipinski definition) is 2. The molecular weight excluding hydrogens is 246 g/mol. The monoisotopic (exact) mass is 269 g/mol. The minimum absolute atomic E-state index is 0.0440. The standard InChI is InChI=1S/C13H23N3OS/c1-8(2)6-11(13(17)14-5)15-9(3)12-7-18-10(4)16-12/h7-9,11,15H,6H2,1-5H3,(H,14,17). The van der Waals surface area contributed by atoms with Gasteiger partial charge in [0.25, 0.3) is 0 Å². The minimum Gasteiger partial charge on any atom is -0.358 e. The lowest BCUT2D eigenvalue weighted by Gasteiger charge is -2.22. The quantitative estimate of drug-likeness (QED) is 0.833. The fourth-order valence-electron chi connectivity index (χ4n) is 1.86. The summed E-state index contributed by atoms with van der Waals surface area (Å²) in [5.74, 6) is 0.520. The predicted octanol–water partition coefficient (Wildman–Crippen LogP) is 2.26. The lowest BCUT2D eigenvalue weighted by atomic mass is 10.0. The van der Waals surface area contributed by atoms with E-state index >= 15 is 0 Å². The van der Waals surface area contributed by atoms with Gasteiger partial charge in [-0.25, -0.2) is 4.98 Å². The zero-order valence-electron chi connectivity index (χ0n) is 11.8. The molecule has 0 aliphatic rings.